The minimum atomic E-state index is -2.10. The van der Waals surface area contributed by atoms with E-state index in [1.54, 1.807) is 18.2 Å². The van der Waals surface area contributed by atoms with E-state index in [2.05, 4.69) is 31.9 Å². The Morgan fingerprint density at radius 1 is 1.06 bits per heavy atom. The van der Waals surface area contributed by atoms with Gasteiger partial charge >= 0.3 is 0 Å². The second kappa shape index (κ2) is 8.57. The van der Waals surface area contributed by atoms with Gasteiger partial charge < -0.3 is 10.0 Å². The summed E-state index contributed by atoms with van der Waals surface area (Å²) in [5.74, 6) is -1.20. The lowest BCUT2D eigenvalue weighted by molar-refractivity contribution is -0.384. The van der Waals surface area contributed by atoms with Crippen LogP contribution in [0.4, 0.5) is 11.4 Å². The van der Waals surface area contributed by atoms with E-state index in [-0.39, 0.29) is 17.8 Å². The fourth-order valence-electron chi connectivity index (χ4n) is 3.77. The Morgan fingerprint density at radius 3 is 2.53 bits per heavy atom. The lowest BCUT2D eigenvalue weighted by Gasteiger charge is -2.23. The molecule has 1 N–H and O–H groups in total. The molecule has 0 spiro atoms. The molecule has 0 saturated carbocycles. The SMILES string of the molecule is O=C(CC1(O)C(=O)N(Cc2ccccc2Br)c2ccc(Br)cc21)c1cccc([N+](=O)[O-])c1. The third kappa shape index (κ3) is 3.99. The van der Waals surface area contributed by atoms with Crippen molar-refractivity contribution in [2.24, 2.45) is 0 Å². The summed E-state index contributed by atoms with van der Waals surface area (Å²) in [6, 6.07) is 17.8. The van der Waals surface area contributed by atoms with Crippen molar-refractivity contribution in [3.8, 4) is 0 Å². The molecule has 32 heavy (non-hydrogen) atoms. The predicted octanol–water partition coefficient (Wildman–Crippen LogP) is 5.13. The summed E-state index contributed by atoms with van der Waals surface area (Å²) in [6.45, 7) is 0.197. The Kier molecular flexibility index (Phi) is 5.98. The van der Waals surface area contributed by atoms with Gasteiger partial charge in [0.2, 0.25) is 0 Å². The summed E-state index contributed by atoms with van der Waals surface area (Å²) in [7, 11) is 0. The van der Waals surface area contributed by atoms with Crippen LogP contribution in [0.2, 0.25) is 0 Å². The van der Waals surface area contributed by atoms with E-state index in [0.29, 0.717) is 15.7 Å². The van der Waals surface area contributed by atoms with Crippen LogP contribution in [0.25, 0.3) is 0 Å². The van der Waals surface area contributed by atoms with Gasteiger partial charge in [-0.1, -0.05) is 62.2 Å². The molecule has 9 heteroatoms. The van der Waals surface area contributed by atoms with Gasteiger partial charge in [-0.3, -0.25) is 19.7 Å². The molecule has 1 amide bonds. The van der Waals surface area contributed by atoms with E-state index >= 15 is 0 Å². The van der Waals surface area contributed by atoms with Crippen LogP contribution < -0.4 is 4.90 Å². The Bertz CT molecular complexity index is 1260. The van der Waals surface area contributed by atoms with E-state index in [4.69, 9.17) is 0 Å². The Morgan fingerprint density at radius 2 is 1.81 bits per heavy atom. The molecule has 0 aromatic heterocycles. The van der Waals surface area contributed by atoms with Crippen LogP contribution in [-0.2, 0) is 16.9 Å². The van der Waals surface area contributed by atoms with E-state index in [9.17, 15) is 24.8 Å². The van der Waals surface area contributed by atoms with Gasteiger partial charge in [-0.25, -0.2) is 0 Å². The second-order valence-corrected chi connectivity index (χ2v) is 9.18. The minimum Gasteiger partial charge on any atom is -0.375 e. The number of aliphatic hydroxyl groups is 1. The fraction of sp³-hybridized carbons (Fsp3) is 0.130. The van der Waals surface area contributed by atoms with Crippen molar-refractivity contribution in [3.63, 3.8) is 0 Å². The zero-order valence-electron chi connectivity index (χ0n) is 16.5. The van der Waals surface area contributed by atoms with Gasteiger partial charge in [0.1, 0.15) is 0 Å². The molecule has 0 radical (unpaired) electrons. The summed E-state index contributed by atoms with van der Waals surface area (Å²) in [5, 5.41) is 22.5. The normalized spacial score (nSPS) is 17.3. The molecule has 0 fully saturated rings. The third-order valence-corrected chi connectivity index (χ3v) is 6.64. The lowest BCUT2D eigenvalue weighted by atomic mass is 9.88. The number of hydrogen-bond acceptors (Lipinski definition) is 5. The maximum atomic E-state index is 13.4. The molecule has 162 valence electrons. The van der Waals surface area contributed by atoms with Crippen molar-refractivity contribution >= 4 is 54.9 Å². The van der Waals surface area contributed by atoms with Crippen LogP contribution in [0, 0.1) is 10.1 Å². The molecular weight excluding hydrogens is 544 g/mol. The molecule has 1 heterocycles. The summed E-state index contributed by atoms with van der Waals surface area (Å²) >= 11 is 6.84. The number of benzene rings is 3. The molecule has 1 aliphatic rings. The first-order valence-electron chi connectivity index (χ1n) is 9.56. The predicted molar refractivity (Wildman–Crippen MR) is 125 cm³/mol. The molecule has 1 unspecified atom stereocenters. The average molecular weight is 560 g/mol. The van der Waals surface area contributed by atoms with Crippen LogP contribution in [0.15, 0.2) is 75.7 Å². The quantitative estimate of drug-likeness (QED) is 0.256. The van der Waals surface area contributed by atoms with Crippen molar-refractivity contribution < 1.29 is 19.6 Å². The van der Waals surface area contributed by atoms with Crippen molar-refractivity contribution in [1.82, 2.24) is 0 Å². The summed E-state index contributed by atoms with van der Waals surface area (Å²) in [5.41, 5.74) is -0.627. The molecule has 1 atom stereocenters. The summed E-state index contributed by atoms with van der Waals surface area (Å²) in [6.07, 6.45) is -0.539. The number of ketones is 1. The number of hydrogen-bond donors (Lipinski definition) is 1. The van der Waals surface area contributed by atoms with E-state index in [0.717, 1.165) is 16.1 Å². The largest absolute Gasteiger partial charge is 0.375 e. The molecule has 3 aromatic rings. The molecule has 1 aliphatic heterocycles. The number of halogens is 2. The van der Waals surface area contributed by atoms with E-state index in [1.165, 1.54) is 23.1 Å². The molecule has 3 aromatic carbocycles. The van der Waals surface area contributed by atoms with E-state index in [1.807, 2.05) is 24.3 Å². The van der Waals surface area contributed by atoms with Gasteiger partial charge in [0.15, 0.2) is 11.4 Å². The Hall–Kier alpha value is -2.88. The van der Waals surface area contributed by atoms with Crippen LogP contribution in [-0.4, -0.2) is 21.7 Å². The maximum absolute atomic E-state index is 13.4. The number of nitrogens with zero attached hydrogens (tertiary/aromatic N) is 2. The zero-order chi connectivity index (χ0) is 23.0. The van der Waals surface area contributed by atoms with Crippen LogP contribution in [0.5, 0.6) is 0 Å². The number of amides is 1. The first-order valence-corrected chi connectivity index (χ1v) is 11.1. The highest BCUT2D eigenvalue weighted by Gasteiger charge is 2.51. The average Bonchev–Trinajstić information content (AvgIpc) is 2.96. The van der Waals surface area contributed by atoms with Gasteiger partial charge in [0, 0.05) is 32.2 Å². The first-order chi connectivity index (χ1) is 15.2. The van der Waals surface area contributed by atoms with Gasteiger partial charge in [-0.15, -0.1) is 0 Å². The molecule has 4 rings (SSSR count). The minimum absolute atomic E-state index is 0.0567. The van der Waals surface area contributed by atoms with Gasteiger partial charge in [0.05, 0.1) is 23.6 Å². The molecular formula is C23H16Br2N2O5. The third-order valence-electron chi connectivity index (χ3n) is 5.38. The Balaban J connectivity index is 1.72. The second-order valence-electron chi connectivity index (χ2n) is 7.41. The number of rotatable bonds is 6. The summed E-state index contributed by atoms with van der Waals surface area (Å²) in [4.78, 5) is 38.3. The highest BCUT2D eigenvalue weighted by atomic mass is 79.9. The lowest BCUT2D eigenvalue weighted by Crippen LogP contribution is -2.41. The topological polar surface area (TPSA) is 101 Å². The number of carbonyl (C=O) groups is 2. The number of carbonyl (C=O) groups excluding carboxylic acids is 2. The van der Waals surface area contributed by atoms with Crippen LogP contribution in [0.1, 0.15) is 27.9 Å². The monoisotopic (exact) mass is 558 g/mol. The van der Waals surface area contributed by atoms with Crippen molar-refractivity contribution in [2.75, 3.05) is 4.90 Å². The van der Waals surface area contributed by atoms with Gasteiger partial charge in [-0.2, -0.15) is 0 Å². The number of anilines is 1. The molecule has 0 aliphatic carbocycles. The van der Waals surface area contributed by atoms with Gasteiger partial charge in [-0.05, 0) is 29.8 Å². The Labute approximate surface area is 200 Å². The standard InChI is InChI=1S/C23H16Br2N2O5/c24-16-8-9-20-18(11-16)23(30,12-21(28)14-5-3-6-17(10-14)27(31)32)22(29)26(20)13-15-4-1-2-7-19(15)25/h1-11,30H,12-13H2. The first kappa shape index (κ1) is 22.3. The number of nitro groups is 1. The van der Waals surface area contributed by atoms with Crippen molar-refractivity contribution in [2.45, 2.75) is 18.6 Å². The van der Waals surface area contributed by atoms with Crippen LogP contribution >= 0.6 is 31.9 Å². The molecule has 0 saturated heterocycles. The van der Waals surface area contributed by atoms with Crippen molar-refractivity contribution in [3.05, 3.63) is 102 Å². The molecule has 0 bridgehead atoms. The van der Waals surface area contributed by atoms with E-state index < -0.39 is 28.6 Å². The van der Waals surface area contributed by atoms with Crippen molar-refractivity contribution in [1.29, 1.82) is 0 Å². The van der Waals surface area contributed by atoms with Crippen LogP contribution in [0.3, 0.4) is 0 Å². The summed E-state index contributed by atoms with van der Waals surface area (Å²) < 4.78 is 1.46. The number of nitro benzene ring substituents is 1. The number of Topliss-reactive ketones (excluding diaryl/α,β-unsaturated/α-hetero) is 1. The highest BCUT2D eigenvalue weighted by Crippen LogP contribution is 2.45. The van der Waals surface area contributed by atoms with Gasteiger partial charge in [0.25, 0.3) is 11.6 Å². The molecule has 7 nitrogen and oxygen atoms in total. The highest BCUT2D eigenvalue weighted by molar-refractivity contribution is 9.10. The fourth-order valence-corrected chi connectivity index (χ4v) is 4.55. The smallest absolute Gasteiger partial charge is 0.270 e. The zero-order valence-corrected chi connectivity index (χ0v) is 19.7. The maximum Gasteiger partial charge on any atom is 0.270 e. The number of non-ortho nitro benzene ring substituents is 1. The number of fused-ring (bicyclic) bond motifs is 1.